The predicted octanol–water partition coefficient (Wildman–Crippen LogP) is 2.91. The van der Waals surface area contributed by atoms with E-state index in [1.807, 2.05) is 38.1 Å². The summed E-state index contributed by atoms with van der Waals surface area (Å²) in [5.74, 6) is -0.545. The number of hydrogen-bond donors (Lipinski definition) is 1. The van der Waals surface area contributed by atoms with Gasteiger partial charge in [0.15, 0.2) is 0 Å². The van der Waals surface area contributed by atoms with Gasteiger partial charge in [-0.15, -0.1) is 0 Å². The molecule has 0 spiro atoms. The zero-order valence-electron chi connectivity index (χ0n) is 15.0. The van der Waals surface area contributed by atoms with Crippen LogP contribution in [-0.4, -0.2) is 27.6 Å². The van der Waals surface area contributed by atoms with Crippen molar-refractivity contribution in [3.63, 3.8) is 0 Å². The first-order valence-corrected chi connectivity index (χ1v) is 8.77. The highest BCUT2D eigenvalue weighted by molar-refractivity contribution is 6.44. The van der Waals surface area contributed by atoms with Crippen molar-refractivity contribution >= 4 is 23.3 Å². The number of carbonyl (C=O) groups excluding carboxylic acids is 2. The van der Waals surface area contributed by atoms with Crippen LogP contribution in [0.5, 0.6) is 0 Å². The molecule has 0 unspecified atom stereocenters. The maximum absolute atomic E-state index is 12.8. The zero-order valence-corrected chi connectivity index (χ0v) is 15.0. The second-order valence-electron chi connectivity index (χ2n) is 6.56. The van der Waals surface area contributed by atoms with Crippen molar-refractivity contribution in [2.24, 2.45) is 0 Å². The Bertz CT molecular complexity index is 796. The number of aromatic nitrogens is 2. The Morgan fingerprint density at radius 2 is 2.08 bits per heavy atom. The summed E-state index contributed by atoms with van der Waals surface area (Å²) in [4.78, 5) is 26.9. The minimum Gasteiger partial charge on any atom is -0.302 e. The molecule has 3 rings (SSSR count). The van der Waals surface area contributed by atoms with Crippen molar-refractivity contribution in [1.82, 2.24) is 9.78 Å². The molecule has 1 N–H and O–H groups in total. The van der Waals surface area contributed by atoms with Crippen LogP contribution in [0.1, 0.15) is 37.8 Å². The van der Waals surface area contributed by atoms with Gasteiger partial charge in [-0.2, -0.15) is 5.10 Å². The molecular formula is C19H24N4O2. The quantitative estimate of drug-likeness (QED) is 0.870. The molecular weight excluding hydrogens is 316 g/mol. The van der Waals surface area contributed by atoms with Gasteiger partial charge in [0.1, 0.15) is 5.82 Å². The Kier molecular flexibility index (Phi) is 4.88. The van der Waals surface area contributed by atoms with Crippen LogP contribution in [0, 0.1) is 6.92 Å². The molecule has 2 aromatic rings. The van der Waals surface area contributed by atoms with Gasteiger partial charge in [0.05, 0.1) is 6.20 Å². The van der Waals surface area contributed by atoms with Crippen LogP contribution in [0.2, 0.25) is 0 Å². The van der Waals surface area contributed by atoms with Crippen LogP contribution < -0.4 is 10.2 Å². The van der Waals surface area contributed by atoms with Gasteiger partial charge in [-0.1, -0.05) is 31.5 Å². The highest BCUT2D eigenvalue weighted by Crippen LogP contribution is 2.32. The molecule has 1 aliphatic rings. The lowest BCUT2D eigenvalue weighted by atomic mass is 10.1. The van der Waals surface area contributed by atoms with Crippen molar-refractivity contribution in [2.75, 3.05) is 10.2 Å². The maximum atomic E-state index is 12.8. The summed E-state index contributed by atoms with van der Waals surface area (Å²) >= 11 is 0. The first kappa shape index (κ1) is 17.2. The molecule has 132 valence electrons. The number of rotatable bonds is 4. The number of benzene rings is 1. The van der Waals surface area contributed by atoms with Gasteiger partial charge in [-0.3, -0.25) is 9.59 Å². The van der Waals surface area contributed by atoms with Gasteiger partial charge in [-0.05, 0) is 38.3 Å². The van der Waals surface area contributed by atoms with Crippen LogP contribution in [0.15, 0.2) is 30.5 Å². The molecule has 2 amide bonds. The summed E-state index contributed by atoms with van der Waals surface area (Å²) in [6, 6.07) is 7.71. The van der Waals surface area contributed by atoms with Gasteiger partial charge in [-0.25, -0.2) is 4.68 Å². The zero-order chi connectivity index (χ0) is 18.0. The molecule has 0 saturated heterocycles. The predicted molar refractivity (Wildman–Crippen MR) is 97.6 cm³/mol. The Balaban J connectivity index is 1.78. The van der Waals surface area contributed by atoms with Gasteiger partial charge >= 0.3 is 11.8 Å². The van der Waals surface area contributed by atoms with Crippen LogP contribution in [0.3, 0.4) is 0 Å². The molecule has 0 saturated carbocycles. The van der Waals surface area contributed by atoms with E-state index in [0.29, 0.717) is 5.82 Å². The maximum Gasteiger partial charge on any atom is 0.316 e. The highest BCUT2D eigenvalue weighted by Gasteiger charge is 2.34. The van der Waals surface area contributed by atoms with Crippen molar-refractivity contribution in [3.8, 4) is 0 Å². The third-order valence-corrected chi connectivity index (χ3v) is 4.60. The third-order valence-electron chi connectivity index (χ3n) is 4.60. The van der Waals surface area contributed by atoms with Crippen LogP contribution in [0.25, 0.3) is 0 Å². The van der Waals surface area contributed by atoms with Gasteiger partial charge in [0.25, 0.3) is 0 Å². The normalized spacial score (nSPS) is 16.0. The number of aryl methyl sites for hydroxylation is 2. The molecule has 1 aromatic heterocycles. The summed E-state index contributed by atoms with van der Waals surface area (Å²) in [7, 11) is 0. The van der Waals surface area contributed by atoms with E-state index < -0.39 is 11.8 Å². The largest absolute Gasteiger partial charge is 0.316 e. The lowest BCUT2D eigenvalue weighted by Gasteiger charge is -2.22. The van der Waals surface area contributed by atoms with Gasteiger partial charge < -0.3 is 10.2 Å². The summed E-state index contributed by atoms with van der Waals surface area (Å²) in [5.41, 5.74) is 2.78. The molecule has 1 aliphatic heterocycles. The van der Waals surface area contributed by atoms with E-state index in [1.165, 1.54) is 0 Å². The minimum atomic E-state index is -0.620. The molecule has 0 bridgehead atoms. The lowest BCUT2D eigenvalue weighted by Crippen LogP contribution is -2.43. The van der Waals surface area contributed by atoms with E-state index in [-0.39, 0.29) is 6.04 Å². The minimum absolute atomic E-state index is 0.0262. The number of carbonyl (C=O) groups is 2. The molecule has 2 heterocycles. The molecule has 0 fully saturated rings. The SMILES string of the molecule is CCCCn1ncc(C)c1NC(=O)C(=O)N1c2ccccc2C[C@@H]1C. The van der Waals surface area contributed by atoms with E-state index in [9.17, 15) is 9.59 Å². The standard InChI is InChI=1S/C19H24N4O2/c1-4-5-10-22-17(13(2)12-20-22)21-18(24)19(25)23-14(3)11-15-8-6-7-9-16(15)23/h6-9,12,14H,4-5,10-11H2,1-3H3,(H,21,24)/t14-/m0/s1. The van der Waals surface area contributed by atoms with E-state index in [2.05, 4.69) is 17.3 Å². The number of amides is 2. The van der Waals surface area contributed by atoms with Crippen LogP contribution >= 0.6 is 0 Å². The third kappa shape index (κ3) is 3.29. The average Bonchev–Trinajstić information content (AvgIpc) is 3.12. The number of nitrogens with zero attached hydrogens (tertiary/aromatic N) is 3. The van der Waals surface area contributed by atoms with Crippen molar-refractivity contribution in [1.29, 1.82) is 0 Å². The van der Waals surface area contributed by atoms with E-state index in [4.69, 9.17) is 0 Å². The first-order valence-electron chi connectivity index (χ1n) is 8.77. The number of para-hydroxylation sites is 1. The van der Waals surface area contributed by atoms with Crippen molar-refractivity contribution in [2.45, 2.75) is 52.6 Å². The van der Waals surface area contributed by atoms with Crippen molar-refractivity contribution < 1.29 is 9.59 Å². The average molecular weight is 340 g/mol. The number of fused-ring (bicyclic) bond motifs is 1. The summed E-state index contributed by atoms with van der Waals surface area (Å²) in [6.07, 6.45) is 4.48. The van der Waals surface area contributed by atoms with E-state index in [0.717, 1.165) is 42.6 Å². The Labute approximate surface area is 147 Å². The van der Waals surface area contributed by atoms with Gasteiger partial charge in [0.2, 0.25) is 0 Å². The van der Waals surface area contributed by atoms with E-state index in [1.54, 1.807) is 15.8 Å². The van der Waals surface area contributed by atoms with Crippen molar-refractivity contribution in [3.05, 3.63) is 41.6 Å². The molecule has 6 heteroatoms. The first-order chi connectivity index (χ1) is 12.0. The Morgan fingerprint density at radius 1 is 1.32 bits per heavy atom. The lowest BCUT2D eigenvalue weighted by molar-refractivity contribution is -0.134. The van der Waals surface area contributed by atoms with Gasteiger partial charge in [0, 0.05) is 23.8 Å². The topological polar surface area (TPSA) is 67.2 Å². The fourth-order valence-electron chi connectivity index (χ4n) is 3.26. The Hall–Kier alpha value is -2.63. The summed E-state index contributed by atoms with van der Waals surface area (Å²) < 4.78 is 1.76. The number of hydrogen-bond acceptors (Lipinski definition) is 3. The molecule has 6 nitrogen and oxygen atoms in total. The summed E-state index contributed by atoms with van der Waals surface area (Å²) in [5, 5.41) is 7.06. The van der Waals surface area contributed by atoms with Crippen LogP contribution in [0.4, 0.5) is 11.5 Å². The molecule has 0 aliphatic carbocycles. The highest BCUT2D eigenvalue weighted by atomic mass is 16.2. The van der Waals surface area contributed by atoms with E-state index >= 15 is 0 Å². The molecule has 25 heavy (non-hydrogen) atoms. The van der Waals surface area contributed by atoms with Crippen LogP contribution in [-0.2, 0) is 22.6 Å². The second-order valence-corrected chi connectivity index (χ2v) is 6.56. The smallest absolute Gasteiger partial charge is 0.302 e. The number of nitrogens with one attached hydrogen (secondary N) is 1. The summed E-state index contributed by atoms with van der Waals surface area (Å²) in [6.45, 7) is 6.66. The molecule has 1 aromatic carbocycles. The Morgan fingerprint density at radius 3 is 2.84 bits per heavy atom. The molecule has 0 radical (unpaired) electrons. The second kappa shape index (κ2) is 7.09. The fraction of sp³-hybridized carbons (Fsp3) is 0.421. The number of anilines is 2. The monoisotopic (exact) mass is 340 g/mol. The number of unbranched alkanes of at least 4 members (excludes halogenated alkanes) is 1. The molecule has 1 atom stereocenters. The fourth-order valence-corrected chi connectivity index (χ4v) is 3.26.